The van der Waals surface area contributed by atoms with Crippen molar-refractivity contribution in [2.75, 3.05) is 19.6 Å². The lowest BCUT2D eigenvalue weighted by Gasteiger charge is -2.27. The predicted molar refractivity (Wildman–Crippen MR) is 113 cm³/mol. The Morgan fingerprint density at radius 3 is 2.36 bits per heavy atom. The molecule has 4 nitrogen and oxygen atoms in total. The number of nitrogens with zero attached hydrogens (tertiary/aromatic N) is 1. The highest BCUT2D eigenvalue weighted by Crippen LogP contribution is 2.65. The van der Waals surface area contributed by atoms with Crippen molar-refractivity contribution in [2.24, 2.45) is 17.0 Å². The molecule has 5 heteroatoms. The number of benzene rings is 2. The molecule has 150 valence electrons. The van der Waals surface area contributed by atoms with E-state index in [2.05, 4.69) is 54.3 Å². The summed E-state index contributed by atoms with van der Waals surface area (Å²) in [6.45, 7) is 5.75. The number of rotatable bonds is 8. The Balaban J connectivity index is 1.37. The van der Waals surface area contributed by atoms with Gasteiger partial charge in [-0.25, -0.2) is 13.6 Å². The Bertz CT molecular complexity index is 915. The van der Waals surface area contributed by atoms with Crippen LogP contribution < -0.4 is 5.14 Å². The first-order chi connectivity index (χ1) is 13.4. The molecule has 0 aromatic heterocycles. The molecule has 2 unspecified atom stereocenters. The maximum Gasteiger partial charge on any atom is 0.213 e. The Kier molecular flexibility index (Phi) is 5.34. The number of fused-ring (bicyclic) bond motifs is 1. The maximum absolute atomic E-state index is 11.5. The molecule has 2 aliphatic rings. The van der Waals surface area contributed by atoms with Gasteiger partial charge < -0.3 is 4.90 Å². The van der Waals surface area contributed by atoms with Crippen molar-refractivity contribution < 1.29 is 8.42 Å². The minimum Gasteiger partial charge on any atom is -0.303 e. The van der Waals surface area contributed by atoms with Gasteiger partial charge in [-0.1, -0.05) is 61.5 Å². The van der Waals surface area contributed by atoms with Gasteiger partial charge in [0.1, 0.15) is 0 Å². The topological polar surface area (TPSA) is 63.4 Å². The number of sulfonamides is 1. The van der Waals surface area contributed by atoms with Crippen LogP contribution in [0.3, 0.4) is 0 Å². The van der Waals surface area contributed by atoms with Crippen molar-refractivity contribution in [1.29, 1.82) is 0 Å². The van der Waals surface area contributed by atoms with Crippen LogP contribution in [0.5, 0.6) is 0 Å². The van der Waals surface area contributed by atoms with Crippen LogP contribution in [0.25, 0.3) is 0 Å². The first-order valence-corrected chi connectivity index (χ1v) is 12.0. The van der Waals surface area contributed by atoms with E-state index in [0.717, 1.165) is 38.0 Å². The fourth-order valence-electron chi connectivity index (χ4n) is 5.49. The lowest BCUT2D eigenvalue weighted by Crippen LogP contribution is -2.31. The van der Waals surface area contributed by atoms with Gasteiger partial charge in [-0.15, -0.1) is 0 Å². The molecule has 2 aromatic rings. The summed E-state index contributed by atoms with van der Waals surface area (Å²) in [5.74, 6) is 1.31. The van der Waals surface area contributed by atoms with E-state index in [4.69, 9.17) is 5.14 Å². The number of likely N-dealkylation sites (tertiary alicyclic amines) is 1. The molecule has 2 atom stereocenters. The summed E-state index contributed by atoms with van der Waals surface area (Å²) in [6, 6.07) is 18.8. The molecular formula is C23H30N2O2S. The highest BCUT2D eigenvalue weighted by Gasteiger charge is 2.67. The largest absolute Gasteiger partial charge is 0.303 e. The smallest absolute Gasteiger partial charge is 0.213 e. The third kappa shape index (κ3) is 3.88. The Hall–Kier alpha value is -1.69. The van der Waals surface area contributed by atoms with Crippen LogP contribution in [0.2, 0.25) is 0 Å². The van der Waals surface area contributed by atoms with Crippen LogP contribution in [0, 0.1) is 11.8 Å². The third-order valence-corrected chi connectivity index (χ3v) is 7.55. The molecule has 1 aliphatic heterocycles. The van der Waals surface area contributed by atoms with Crippen molar-refractivity contribution >= 4 is 10.0 Å². The second-order valence-electron chi connectivity index (χ2n) is 8.46. The van der Waals surface area contributed by atoms with Crippen molar-refractivity contribution in [1.82, 2.24) is 4.90 Å². The van der Waals surface area contributed by atoms with Crippen molar-refractivity contribution in [3.63, 3.8) is 0 Å². The quantitative estimate of drug-likeness (QED) is 0.742. The zero-order valence-corrected chi connectivity index (χ0v) is 17.4. The van der Waals surface area contributed by atoms with E-state index in [9.17, 15) is 8.42 Å². The summed E-state index contributed by atoms with van der Waals surface area (Å²) in [5, 5.41) is 5.24. The minimum absolute atomic E-state index is 0.0818. The van der Waals surface area contributed by atoms with Crippen molar-refractivity contribution in [2.45, 2.75) is 37.4 Å². The lowest BCUT2D eigenvalue weighted by atomic mass is 9.86. The van der Waals surface area contributed by atoms with Gasteiger partial charge in [0.15, 0.2) is 0 Å². The number of hydrogen-bond acceptors (Lipinski definition) is 3. The van der Waals surface area contributed by atoms with Gasteiger partial charge in [-0.3, -0.25) is 0 Å². The molecule has 0 radical (unpaired) electrons. The van der Waals surface area contributed by atoms with Crippen LogP contribution in [0.1, 0.15) is 36.5 Å². The fourth-order valence-corrected chi connectivity index (χ4v) is 6.13. The van der Waals surface area contributed by atoms with Gasteiger partial charge >= 0.3 is 0 Å². The van der Waals surface area contributed by atoms with Crippen LogP contribution in [-0.2, 0) is 27.6 Å². The van der Waals surface area contributed by atoms with E-state index in [-0.39, 0.29) is 11.2 Å². The van der Waals surface area contributed by atoms with Crippen LogP contribution in [0.4, 0.5) is 0 Å². The molecule has 1 aliphatic carbocycles. The second-order valence-corrected chi connectivity index (χ2v) is 10.1. The highest BCUT2D eigenvalue weighted by molar-refractivity contribution is 7.88. The molecular weight excluding hydrogens is 368 g/mol. The zero-order valence-electron chi connectivity index (χ0n) is 16.5. The summed E-state index contributed by atoms with van der Waals surface area (Å²) in [4.78, 5) is 2.61. The average molecular weight is 399 g/mol. The third-order valence-electron chi connectivity index (χ3n) is 6.81. The van der Waals surface area contributed by atoms with E-state index in [0.29, 0.717) is 11.8 Å². The van der Waals surface area contributed by atoms with Gasteiger partial charge in [0, 0.05) is 18.5 Å². The van der Waals surface area contributed by atoms with E-state index in [1.54, 1.807) is 0 Å². The van der Waals surface area contributed by atoms with Crippen LogP contribution >= 0.6 is 0 Å². The molecule has 1 heterocycles. The van der Waals surface area contributed by atoms with Crippen molar-refractivity contribution in [3.05, 3.63) is 71.3 Å². The molecule has 28 heavy (non-hydrogen) atoms. The summed E-state index contributed by atoms with van der Waals surface area (Å²) >= 11 is 0. The molecule has 0 spiro atoms. The van der Waals surface area contributed by atoms with Crippen LogP contribution in [0.15, 0.2) is 54.6 Å². The van der Waals surface area contributed by atoms with Gasteiger partial charge in [-0.05, 0) is 54.3 Å². The molecule has 0 bridgehead atoms. The normalized spacial score (nSPS) is 26.9. The Morgan fingerprint density at radius 1 is 1.04 bits per heavy atom. The maximum atomic E-state index is 11.5. The number of primary sulfonamides is 1. The molecule has 2 fully saturated rings. The molecule has 1 saturated heterocycles. The first-order valence-electron chi connectivity index (χ1n) is 10.3. The minimum atomic E-state index is -3.49. The Morgan fingerprint density at radius 2 is 1.71 bits per heavy atom. The van der Waals surface area contributed by atoms with Gasteiger partial charge in [0.05, 0.1) is 5.75 Å². The summed E-state index contributed by atoms with van der Waals surface area (Å²) in [6.07, 6.45) is 3.45. The van der Waals surface area contributed by atoms with Gasteiger partial charge in [-0.2, -0.15) is 0 Å². The summed E-state index contributed by atoms with van der Waals surface area (Å²) in [5.41, 5.74) is 3.75. The molecule has 1 saturated carbocycles. The predicted octanol–water partition coefficient (Wildman–Crippen LogP) is 3.32. The molecule has 0 amide bonds. The fraction of sp³-hybridized carbons (Fsp3) is 0.478. The molecule has 4 rings (SSSR count). The zero-order chi connectivity index (χ0) is 19.8. The number of aryl methyl sites for hydroxylation is 1. The standard InChI is InChI=1S/C23H30N2O2S/c1-2-23(20-12-6-10-19(14-20)17-28(24,26)27)21-15-25(16-22(21)23)13-7-11-18-8-4-3-5-9-18/h3-6,8-10,12,14,21-22H,2,7,11,13,15-17H2,1H3,(H2,24,26,27). The van der Waals surface area contributed by atoms with E-state index < -0.39 is 10.0 Å². The van der Waals surface area contributed by atoms with E-state index in [1.807, 2.05) is 12.1 Å². The van der Waals surface area contributed by atoms with Gasteiger partial charge in [0.25, 0.3) is 0 Å². The number of hydrogen-bond donors (Lipinski definition) is 1. The van der Waals surface area contributed by atoms with Crippen molar-refractivity contribution in [3.8, 4) is 0 Å². The first kappa shape index (κ1) is 19.6. The van der Waals surface area contributed by atoms with Crippen LogP contribution in [-0.4, -0.2) is 33.0 Å². The van der Waals surface area contributed by atoms with E-state index >= 15 is 0 Å². The van der Waals surface area contributed by atoms with Gasteiger partial charge in [0.2, 0.25) is 10.0 Å². The lowest BCUT2D eigenvalue weighted by molar-refractivity contribution is 0.266. The summed E-state index contributed by atoms with van der Waals surface area (Å²) in [7, 11) is -3.49. The monoisotopic (exact) mass is 398 g/mol. The number of piperidine rings is 1. The number of nitrogens with two attached hydrogens (primary N) is 1. The SMILES string of the molecule is CCC1(c2cccc(CS(N)(=O)=O)c2)C2CN(CCCc3ccccc3)CC21. The van der Waals surface area contributed by atoms with E-state index in [1.165, 1.54) is 17.5 Å². The highest BCUT2D eigenvalue weighted by atomic mass is 32.2. The molecule has 2 N–H and O–H groups in total. The second kappa shape index (κ2) is 7.62. The summed E-state index contributed by atoms with van der Waals surface area (Å²) < 4.78 is 22.9. The molecule has 2 aromatic carbocycles. The Labute approximate surface area is 168 Å². The average Bonchev–Trinajstić information content (AvgIpc) is 3.04.